The van der Waals surface area contributed by atoms with Crippen LogP contribution in [0.3, 0.4) is 0 Å². The van der Waals surface area contributed by atoms with E-state index in [0.717, 1.165) is 0 Å². The summed E-state index contributed by atoms with van der Waals surface area (Å²) in [5, 5.41) is 1.22. The van der Waals surface area contributed by atoms with Gasteiger partial charge >= 0.3 is 0 Å². The van der Waals surface area contributed by atoms with Gasteiger partial charge in [0.25, 0.3) is 0 Å². The van der Waals surface area contributed by atoms with Gasteiger partial charge in [-0.05, 0) is 39.3 Å². The number of hydrogen-bond donors (Lipinski definition) is 0. The summed E-state index contributed by atoms with van der Waals surface area (Å²) in [7, 11) is 11.3. The highest BCUT2D eigenvalue weighted by atomic mass is 33.9. The first-order valence-corrected chi connectivity index (χ1v) is 9.23. The van der Waals surface area contributed by atoms with Crippen LogP contribution >= 0.6 is 60.9 Å². The fourth-order valence-corrected chi connectivity index (χ4v) is 13.5. The van der Waals surface area contributed by atoms with Gasteiger partial charge in [0, 0.05) is 0 Å². The Morgan fingerprint density at radius 2 is 1.29 bits per heavy atom. The predicted molar refractivity (Wildman–Crippen MR) is 50.4 cm³/mol. The van der Waals surface area contributed by atoms with Crippen LogP contribution in [0, 0.1) is 0 Å². The van der Waals surface area contributed by atoms with Gasteiger partial charge < -0.3 is 0 Å². The molecule has 0 aromatic rings. The van der Waals surface area contributed by atoms with Crippen molar-refractivity contribution in [3.8, 4) is 0 Å². The van der Waals surface area contributed by atoms with Gasteiger partial charge in [0.1, 0.15) is 0 Å². The van der Waals surface area contributed by atoms with Crippen LogP contribution in [-0.4, -0.2) is 5.08 Å². The van der Waals surface area contributed by atoms with Crippen LogP contribution in [0.2, 0.25) is 0 Å². The van der Waals surface area contributed by atoms with Gasteiger partial charge in [0.2, 0.25) is 0 Å². The molecule has 1 heterocycles. The first-order chi connectivity index (χ1) is 3.50. The largest absolute Gasteiger partial charge is 0.0698 e. The molecule has 0 aromatic carbocycles. The van der Waals surface area contributed by atoms with Crippen LogP contribution in [0.4, 0.5) is 0 Å². The van der Waals surface area contributed by atoms with Gasteiger partial charge in [0.15, 0.2) is 0 Å². The third-order valence-electron chi connectivity index (χ3n) is 0.276. The summed E-state index contributed by atoms with van der Waals surface area (Å²) >= 11 is 0. The Hall–Kier alpha value is 2.10. The van der Waals surface area contributed by atoms with Crippen LogP contribution < -0.4 is 0 Å². The molecule has 6 heteroatoms. The third-order valence-corrected chi connectivity index (χ3v) is 11.9. The third kappa shape index (κ3) is 3.64. The van der Waals surface area contributed by atoms with E-state index in [9.17, 15) is 0 Å². The molecule has 1 aliphatic rings. The summed E-state index contributed by atoms with van der Waals surface area (Å²) in [5.74, 6) is 0. The molecule has 0 radical (unpaired) electrons. The zero-order chi connectivity index (χ0) is 4.95. The summed E-state index contributed by atoms with van der Waals surface area (Å²) < 4.78 is 0. The Morgan fingerprint density at radius 3 is 1.86 bits per heavy atom. The van der Waals surface area contributed by atoms with Crippen LogP contribution in [0.1, 0.15) is 0 Å². The lowest BCUT2D eigenvalue weighted by molar-refractivity contribution is 2.36. The molecule has 0 amide bonds. The molecule has 0 spiro atoms. The molecule has 0 saturated carbocycles. The maximum absolute atomic E-state index is 1.92. The summed E-state index contributed by atoms with van der Waals surface area (Å²) in [6.45, 7) is 0. The van der Waals surface area contributed by atoms with E-state index in [0.29, 0.717) is 0 Å². The minimum Gasteiger partial charge on any atom is -0.0698 e. The summed E-state index contributed by atoms with van der Waals surface area (Å²) in [5.41, 5.74) is 0. The second-order valence-corrected chi connectivity index (χ2v) is 10.5. The second-order valence-electron chi connectivity index (χ2n) is 0.626. The van der Waals surface area contributed by atoms with E-state index in [4.69, 9.17) is 0 Å². The van der Waals surface area contributed by atoms with Crippen LogP contribution in [0.25, 0.3) is 0 Å². The summed E-state index contributed by atoms with van der Waals surface area (Å²) in [6, 6.07) is 0. The molecule has 1 fully saturated rings. The molecular formula is CH2S6. The zero-order valence-electron chi connectivity index (χ0n) is 3.16. The Kier molecular flexibility index (Phi) is 5.08. The van der Waals surface area contributed by atoms with Crippen molar-refractivity contribution in [1.29, 1.82) is 0 Å². The quantitative estimate of drug-likeness (QED) is 0.547. The van der Waals surface area contributed by atoms with Gasteiger partial charge in [-0.1, -0.05) is 21.6 Å². The Labute approximate surface area is 65.5 Å². The van der Waals surface area contributed by atoms with Crippen molar-refractivity contribution in [1.82, 2.24) is 0 Å². The molecule has 1 rings (SSSR count). The van der Waals surface area contributed by atoms with Gasteiger partial charge in [-0.2, -0.15) is 0 Å². The van der Waals surface area contributed by atoms with Crippen molar-refractivity contribution in [3.05, 3.63) is 0 Å². The van der Waals surface area contributed by atoms with Gasteiger partial charge in [0.05, 0.1) is 5.08 Å². The highest BCUT2D eigenvalue weighted by molar-refractivity contribution is 9.43. The SMILES string of the molecule is C1SSSSSS1. The fraction of sp³-hybridized carbons (Fsp3) is 1.00. The first-order valence-electron chi connectivity index (χ1n) is 1.41. The van der Waals surface area contributed by atoms with E-state index in [1.54, 1.807) is 0 Å². The topological polar surface area (TPSA) is 0 Å². The molecule has 42 valence electrons. The van der Waals surface area contributed by atoms with Gasteiger partial charge in [-0.15, -0.1) is 0 Å². The molecule has 1 aliphatic heterocycles. The van der Waals surface area contributed by atoms with Crippen LogP contribution in [0.15, 0.2) is 0 Å². The zero-order valence-corrected chi connectivity index (χ0v) is 8.06. The maximum atomic E-state index is 1.92. The summed E-state index contributed by atoms with van der Waals surface area (Å²) in [4.78, 5) is 0. The molecule has 7 heavy (non-hydrogen) atoms. The van der Waals surface area contributed by atoms with Gasteiger partial charge in [-0.3, -0.25) is 0 Å². The van der Waals surface area contributed by atoms with Crippen LogP contribution in [-0.2, 0) is 0 Å². The van der Waals surface area contributed by atoms with Crippen LogP contribution in [0.5, 0.6) is 0 Å². The van der Waals surface area contributed by atoms with E-state index in [1.165, 1.54) is 5.08 Å². The standard InChI is InChI=1S/CH2S6/c1-2-4-6-7-5-3-1/h1H2. The van der Waals surface area contributed by atoms with E-state index in [2.05, 4.69) is 0 Å². The van der Waals surface area contributed by atoms with E-state index < -0.39 is 0 Å². The lowest BCUT2D eigenvalue weighted by Crippen LogP contribution is -1.48. The minimum atomic E-state index is 1.22. The highest BCUT2D eigenvalue weighted by Gasteiger charge is 1.99. The van der Waals surface area contributed by atoms with Crippen molar-refractivity contribution in [2.75, 3.05) is 5.08 Å². The number of hydrogen-bond acceptors (Lipinski definition) is 6. The average Bonchev–Trinajstić information content (AvgIpc) is 1.90. The maximum Gasteiger partial charge on any atom is 0.0616 e. The van der Waals surface area contributed by atoms with E-state index in [1.807, 2.05) is 60.9 Å². The first kappa shape index (κ1) is 7.21. The Morgan fingerprint density at radius 1 is 0.714 bits per heavy atom. The lowest BCUT2D eigenvalue weighted by atomic mass is 11.9. The Balaban J connectivity index is 2.04. The molecule has 0 nitrogen and oxygen atoms in total. The molecule has 0 N–H and O–H groups in total. The normalized spacial score (nSPS) is 24.0. The average molecular weight is 206 g/mol. The molecule has 0 unspecified atom stereocenters. The van der Waals surface area contributed by atoms with E-state index >= 15 is 0 Å². The number of rotatable bonds is 0. The molecule has 0 atom stereocenters. The summed E-state index contributed by atoms with van der Waals surface area (Å²) in [6.07, 6.45) is 0. The fourth-order valence-electron chi connectivity index (χ4n) is 0.121. The van der Waals surface area contributed by atoms with Crippen molar-refractivity contribution in [2.45, 2.75) is 0 Å². The van der Waals surface area contributed by atoms with Crippen molar-refractivity contribution in [3.63, 3.8) is 0 Å². The second kappa shape index (κ2) is 4.93. The molecule has 1 saturated heterocycles. The lowest BCUT2D eigenvalue weighted by Gasteiger charge is -1.82. The molecule has 0 bridgehead atoms. The van der Waals surface area contributed by atoms with Crippen molar-refractivity contribution < 1.29 is 0 Å². The Bertz CT molecular complexity index is 23.8. The van der Waals surface area contributed by atoms with Crippen molar-refractivity contribution in [2.24, 2.45) is 0 Å². The predicted octanol–water partition coefficient (Wildman–Crippen LogP) is 3.93. The van der Waals surface area contributed by atoms with E-state index in [-0.39, 0.29) is 0 Å². The molecule has 0 aromatic heterocycles. The molecule has 0 aliphatic carbocycles. The monoisotopic (exact) mass is 206 g/mol. The molecular weight excluding hydrogens is 204 g/mol. The highest BCUT2D eigenvalue weighted by Crippen LogP contribution is 2.57. The van der Waals surface area contributed by atoms with Crippen molar-refractivity contribution >= 4 is 60.9 Å². The minimum absolute atomic E-state index is 1.22. The van der Waals surface area contributed by atoms with Gasteiger partial charge in [-0.25, -0.2) is 0 Å². The smallest absolute Gasteiger partial charge is 0.0616 e.